The van der Waals surface area contributed by atoms with Crippen molar-refractivity contribution in [3.63, 3.8) is 0 Å². The van der Waals surface area contributed by atoms with Crippen LogP contribution in [0.25, 0.3) is 10.9 Å². The van der Waals surface area contributed by atoms with Crippen LogP contribution >= 0.6 is 0 Å². The van der Waals surface area contributed by atoms with E-state index < -0.39 is 18.1 Å². The molecule has 1 aromatic carbocycles. The monoisotopic (exact) mass is 357 g/mol. The number of hydrogen-bond donors (Lipinski definition) is 4. The van der Waals surface area contributed by atoms with Gasteiger partial charge in [0.05, 0.1) is 17.8 Å². The van der Waals surface area contributed by atoms with Crippen LogP contribution in [-0.2, 0) is 11.3 Å². The highest BCUT2D eigenvalue weighted by molar-refractivity contribution is 6.06. The largest absolute Gasteiger partial charge is 0.390 e. The maximum absolute atomic E-state index is 12.4. The Hall–Kier alpha value is -2.38. The third-order valence-electron chi connectivity index (χ3n) is 5.99. The van der Waals surface area contributed by atoms with Crippen molar-refractivity contribution in [3.05, 3.63) is 36.0 Å². The van der Waals surface area contributed by atoms with Crippen molar-refractivity contribution in [2.75, 3.05) is 6.54 Å². The molecular weight excluding hydrogens is 334 g/mol. The number of fused-ring (bicyclic) bond motifs is 3. The fourth-order valence-corrected chi connectivity index (χ4v) is 4.70. The fraction of sp³-hybridized carbons (Fsp3) is 0.474. The third kappa shape index (κ3) is 2.77. The molecule has 2 bridgehead atoms. The molecule has 26 heavy (non-hydrogen) atoms. The second-order valence-electron chi connectivity index (χ2n) is 7.49. The number of primary amides is 1. The summed E-state index contributed by atoms with van der Waals surface area (Å²) in [6, 6.07) is 7.34. The molecule has 0 aliphatic heterocycles. The summed E-state index contributed by atoms with van der Waals surface area (Å²) in [6.07, 6.45) is 1.98. The molecule has 0 unspecified atom stereocenters. The number of hydrogen-bond acceptors (Lipinski definition) is 4. The SMILES string of the molecule is NC(=O)c1cn(CC(=O)NC[C@@H]2C[C@H]3C[C@@H]2[C@H](O)[C@@H]3O)c2ccccc12. The maximum atomic E-state index is 12.4. The number of nitrogens with zero attached hydrogens (tertiary/aromatic N) is 1. The van der Waals surface area contributed by atoms with Crippen molar-refractivity contribution >= 4 is 22.7 Å². The molecule has 1 aromatic heterocycles. The van der Waals surface area contributed by atoms with Crippen molar-refractivity contribution in [1.29, 1.82) is 0 Å². The molecule has 2 fully saturated rings. The van der Waals surface area contributed by atoms with Gasteiger partial charge in [0.2, 0.25) is 5.91 Å². The summed E-state index contributed by atoms with van der Waals surface area (Å²) < 4.78 is 1.73. The van der Waals surface area contributed by atoms with E-state index >= 15 is 0 Å². The molecule has 1 heterocycles. The van der Waals surface area contributed by atoms with Gasteiger partial charge in [0.15, 0.2) is 0 Å². The minimum Gasteiger partial charge on any atom is -0.390 e. The minimum atomic E-state index is -0.679. The Morgan fingerprint density at radius 3 is 2.65 bits per heavy atom. The first-order chi connectivity index (χ1) is 12.5. The lowest BCUT2D eigenvalue weighted by Gasteiger charge is -2.29. The maximum Gasteiger partial charge on any atom is 0.250 e. The van der Waals surface area contributed by atoms with Gasteiger partial charge in [-0.2, -0.15) is 0 Å². The fourth-order valence-electron chi connectivity index (χ4n) is 4.70. The van der Waals surface area contributed by atoms with Gasteiger partial charge in [-0.3, -0.25) is 9.59 Å². The Labute approximate surface area is 150 Å². The van der Waals surface area contributed by atoms with Gasteiger partial charge in [-0.25, -0.2) is 0 Å². The zero-order valence-corrected chi connectivity index (χ0v) is 14.3. The quantitative estimate of drug-likeness (QED) is 0.613. The van der Waals surface area contributed by atoms with Crippen molar-refractivity contribution in [1.82, 2.24) is 9.88 Å². The standard InChI is InChI=1S/C19H23N3O4/c20-19(26)14-8-22(15-4-2-1-3-12(14)15)9-16(23)21-7-11-5-10-6-13(11)18(25)17(10)24/h1-4,8,10-11,13,17-18,24-25H,5-7,9H2,(H2,20,26)(H,21,23)/t10-,11-,13-,17+,18-/m0/s1. The van der Waals surface area contributed by atoms with Gasteiger partial charge in [0.25, 0.3) is 5.91 Å². The normalized spacial score (nSPS) is 30.0. The van der Waals surface area contributed by atoms with Gasteiger partial charge in [0, 0.05) is 23.6 Å². The van der Waals surface area contributed by atoms with Crippen molar-refractivity contribution in [2.24, 2.45) is 23.5 Å². The zero-order valence-electron chi connectivity index (χ0n) is 14.3. The molecule has 138 valence electrons. The number of rotatable bonds is 5. The summed E-state index contributed by atoms with van der Waals surface area (Å²) in [4.78, 5) is 24.0. The zero-order chi connectivity index (χ0) is 18.4. The van der Waals surface area contributed by atoms with Crippen LogP contribution in [0.2, 0.25) is 0 Å². The molecule has 2 aliphatic rings. The molecule has 2 aliphatic carbocycles. The van der Waals surface area contributed by atoms with Crippen LogP contribution in [0.1, 0.15) is 23.2 Å². The van der Waals surface area contributed by atoms with Gasteiger partial charge in [-0.1, -0.05) is 18.2 Å². The average Bonchev–Trinajstić information content (AvgIpc) is 3.27. The summed E-state index contributed by atoms with van der Waals surface area (Å²) in [5, 5.41) is 23.5. The second kappa shape index (κ2) is 6.41. The Balaban J connectivity index is 1.42. The Morgan fingerprint density at radius 1 is 1.19 bits per heavy atom. The molecule has 0 spiro atoms. The van der Waals surface area contributed by atoms with Gasteiger partial charge < -0.3 is 25.8 Å². The molecule has 7 nitrogen and oxygen atoms in total. The number of amides is 2. The number of nitrogens with two attached hydrogens (primary N) is 1. The van der Waals surface area contributed by atoms with E-state index in [1.165, 1.54) is 0 Å². The van der Waals surface area contributed by atoms with Crippen molar-refractivity contribution in [3.8, 4) is 0 Å². The second-order valence-corrected chi connectivity index (χ2v) is 7.49. The first kappa shape index (κ1) is 17.1. The van der Waals surface area contributed by atoms with Crippen LogP contribution in [0.4, 0.5) is 0 Å². The van der Waals surface area contributed by atoms with E-state index in [4.69, 9.17) is 5.73 Å². The minimum absolute atomic E-state index is 0.0594. The van der Waals surface area contributed by atoms with E-state index in [0.717, 1.165) is 23.7 Å². The molecule has 2 amide bonds. The highest BCUT2D eigenvalue weighted by Gasteiger charge is 2.51. The smallest absolute Gasteiger partial charge is 0.250 e. The molecule has 0 saturated heterocycles. The van der Waals surface area contributed by atoms with Gasteiger partial charge in [0.1, 0.15) is 6.54 Å². The van der Waals surface area contributed by atoms with Crippen LogP contribution in [0.3, 0.4) is 0 Å². The van der Waals surface area contributed by atoms with Crippen LogP contribution in [-0.4, -0.2) is 45.3 Å². The highest BCUT2D eigenvalue weighted by Crippen LogP contribution is 2.48. The molecular formula is C19H23N3O4. The topological polar surface area (TPSA) is 118 Å². The molecule has 2 saturated carbocycles. The third-order valence-corrected chi connectivity index (χ3v) is 5.99. The van der Waals surface area contributed by atoms with E-state index in [1.54, 1.807) is 10.8 Å². The lowest BCUT2D eigenvalue weighted by Crippen LogP contribution is -2.41. The van der Waals surface area contributed by atoms with E-state index in [2.05, 4.69) is 5.32 Å². The summed E-state index contributed by atoms with van der Waals surface area (Å²) in [5.41, 5.74) is 6.62. The lowest BCUT2D eigenvalue weighted by atomic mass is 9.85. The Bertz CT molecular complexity index is 860. The van der Waals surface area contributed by atoms with Gasteiger partial charge >= 0.3 is 0 Å². The van der Waals surface area contributed by atoms with Crippen molar-refractivity contribution < 1.29 is 19.8 Å². The number of carbonyl (C=O) groups excluding carboxylic acids is 2. The van der Waals surface area contributed by atoms with Gasteiger partial charge in [-0.05, 0) is 36.7 Å². The number of aliphatic hydroxyl groups is 2. The number of benzene rings is 1. The Kier molecular flexibility index (Phi) is 4.20. The Morgan fingerprint density at radius 2 is 1.96 bits per heavy atom. The number of carbonyl (C=O) groups is 2. The first-order valence-corrected chi connectivity index (χ1v) is 8.96. The molecule has 4 rings (SSSR count). The average molecular weight is 357 g/mol. The number of nitrogens with one attached hydrogen (secondary N) is 1. The molecule has 5 atom stereocenters. The van der Waals surface area contributed by atoms with E-state index in [9.17, 15) is 19.8 Å². The first-order valence-electron chi connectivity index (χ1n) is 8.96. The van der Waals surface area contributed by atoms with E-state index in [1.807, 2.05) is 24.3 Å². The summed E-state index contributed by atoms with van der Waals surface area (Å²) in [7, 11) is 0. The highest BCUT2D eigenvalue weighted by atomic mass is 16.3. The van der Waals surface area contributed by atoms with Crippen LogP contribution in [0.5, 0.6) is 0 Å². The molecule has 0 radical (unpaired) electrons. The van der Waals surface area contributed by atoms with E-state index in [-0.39, 0.29) is 30.2 Å². The van der Waals surface area contributed by atoms with Crippen LogP contribution in [0, 0.1) is 17.8 Å². The van der Waals surface area contributed by atoms with Gasteiger partial charge in [-0.15, -0.1) is 0 Å². The van der Waals surface area contributed by atoms with Crippen molar-refractivity contribution in [2.45, 2.75) is 31.6 Å². The molecule has 5 N–H and O–H groups in total. The van der Waals surface area contributed by atoms with E-state index in [0.29, 0.717) is 12.1 Å². The van der Waals surface area contributed by atoms with Crippen LogP contribution in [0.15, 0.2) is 30.5 Å². The number of para-hydroxylation sites is 1. The number of aliphatic hydroxyl groups excluding tert-OH is 2. The summed E-state index contributed by atoms with van der Waals surface area (Å²) in [6.45, 7) is 0.589. The lowest BCUT2D eigenvalue weighted by molar-refractivity contribution is -0.122. The summed E-state index contributed by atoms with van der Waals surface area (Å²) >= 11 is 0. The summed E-state index contributed by atoms with van der Waals surface area (Å²) in [5.74, 6) is -0.271. The predicted molar refractivity (Wildman–Crippen MR) is 95.2 cm³/mol. The molecule has 2 aromatic rings. The predicted octanol–water partition coefficient (Wildman–Crippen LogP) is 0.234. The van der Waals surface area contributed by atoms with Crippen LogP contribution < -0.4 is 11.1 Å². The molecule has 7 heteroatoms. The number of aromatic nitrogens is 1.